The lowest BCUT2D eigenvalue weighted by Crippen LogP contribution is -3.12. The number of hydrogen-bond acceptors (Lipinski definition) is 4. The maximum Gasteiger partial charge on any atom is 0.270 e. The summed E-state index contributed by atoms with van der Waals surface area (Å²) in [5, 5.41) is 2.76. The lowest BCUT2D eigenvalue weighted by molar-refractivity contribution is -0.894. The van der Waals surface area contributed by atoms with Gasteiger partial charge in [0.05, 0.1) is 41.3 Å². The van der Waals surface area contributed by atoms with Gasteiger partial charge in [0, 0.05) is 0 Å². The molecule has 26 heavy (non-hydrogen) atoms. The Morgan fingerprint density at radius 1 is 1.23 bits per heavy atom. The Morgan fingerprint density at radius 2 is 2.00 bits per heavy atom. The minimum atomic E-state index is 0.0555. The van der Waals surface area contributed by atoms with Crippen molar-refractivity contribution in [3.05, 3.63) is 45.6 Å². The van der Waals surface area contributed by atoms with Crippen molar-refractivity contribution in [2.45, 2.75) is 27.7 Å². The van der Waals surface area contributed by atoms with Crippen LogP contribution in [0.5, 0.6) is 0 Å². The van der Waals surface area contributed by atoms with E-state index < -0.39 is 0 Å². The van der Waals surface area contributed by atoms with Gasteiger partial charge in [-0.2, -0.15) is 0 Å². The van der Waals surface area contributed by atoms with Gasteiger partial charge in [-0.3, -0.25) is 9.69 Å². The molecule has 138 valence electrons. The topological polar surface area (TPSA) is 37.6 Å². The molecule has 2 heterocycles. The van der Waals surface area contributed by atoms with Gasteiger partial charge >= 0.3 is 0 Å². The summed E-state index contributed by atoms with van der Waals surface area (Å²) in [7, 11) is 0. The number of carbonyl (C=O) groups excluding carboxylic acids is 1. The molecule has 2 aromatic heterocycles. The number of nitrogens with one attached hydrogen (secondary N) is 1. The molecule has 0 aliphatic carbocycles. The van der Waals surface area contributed by atoms with Gasteiger partial charge < -0.3 is 4.90 Å². The second kappa shape index (κ2) is 8.29. The number of benzene rings is 1. The zero-order valence-corrected chi connectivity index (χ0v) is 17.5. The number of likely N-dealkylation sites (N-methyl/N-ethyl adjacent to an activating group) is 1. The highest BCUT2D eigenvalue weighted by Gasteiger charge is 2.23. The summed E-state index contributed by atoms with van der Waals surface area (Å²) in [6, 6.07) is 8.13. The number of aromatic nitrogens is 1. The Kier molecular flexibility index (Phi) is 6.06. The number of thiophene rings is 1. The van der Waals surface area contributed by atoms with E-state index in [1.807, 2.05) is 22.4 Å². The van der Waals surface area contributed by atoms with E-state index in [0.29, 0.717) is 6.54 Å². The van der Waals surface area contributed by atoms with Crippen molar-refractivity contribution in [3.63, 3.8) is 0 Å². The second-order valence-electron chi connectivity index (χ2n) is 6.57. The molecule has 3 rings (SSSR count). The number of amides is 1. The Morgan fingerprint density at radius 3 is 2.65 bits per heavy atom. The molecule has 4 nitrogen and oxygen atoms in total. The minimum Gasteiger partial charge on any atom is -0.334 e. The van der Waals surface area contributed by atoms with Crippen LogP contribution in [0.25, 0.3) is 10.2 Å². The van der Waals surface area contributed by atoms with Crippen molar-refractivity contribution in [1.82, 2.24) is 4.98 Å². The zero-order valence-electron chi connectivity index (χ0n) is 15.8. The van der Waals surface area contributed by atoms with Gasteiger partial charge in [-0.1, -0.05) is 23.5 Å². The first-order chi connectivity index (χ1) is 12.5. The standard InChI is InChI=1S/C20H25N3OS2/c1-5-22(6-2)9-10-23(19(24)16-8-7-11-25-16)20-21-18-15(4)12-14(3)13-17(18)26-20/h7-8,11-13H,5-6,9-10H2,1-4H3/p+1. The molecular formula is C20H26N3OS2+. The van der Waals surface area contributed by atoms with Crippen LogP contribution in [0, 0.1) is 13.8 Å². The minimum absolute atomic E-state index is 0.0555. The average molecular weight is 389 g/mol. The second-order valence-corrected chi connectivity index (χ2v) is 8.52. The van der Waals surface area contributed by atoms with Crippen molar-refractivity contribution in [3.8, 4) is 0 Å². The number of quaternary nitrogens is 1. The highest BCUT2D eigenvalue weighted by Crippen LogP contribution is 2.32. The van der Waals surface area contributed by atoms with Crippen LogP contribution >= 0.6 is 22.7 Å². The third-order valence-corrected chi connectivity index (χ3v) is 6.60. The SMILES string of the molecule is CC[NH+](CC)CCN(C(=O)c1cccs1)c1nc2c(C)cc(C)cc2s1. The Bertz CT molecular complexity index is 882. The maximum atomic E-state index is 13.1. The molecule has 1 aromatic carbocycles. The van der Waals surface area contributed by atoms with Crippen LogP contribution in [0.3, 0.4) is 0 Å². The highest BCUT2D eigenvalue weighted by molar-refractivity contribution is 7.22. The van der Waals surface area contributed by atoms with E-state index in [2.05, 4.69) is 39.8 Å². The van der Waals surface area contributed by atoms with Gasteiger partial charge in [0.1, 0.15) is 0 Å². The first kappa shape index (κ1) is 19.0. The van der Waals surface area contributed by atoms with E-state index >= 15 is 0 Å². The van der Waals surface area contributed by atoms with E-state index in [4.69, 9.17) is 4.98 Å². The Labute approximate surface area is 163 Å². The van der Waals surface area contributed by atoms with Gasteiger partial charge in [0.25, 0.3) is 5.91 Å². The number of aryl methyl sites for hydroxylation is 2. The summed E-state index contributed by atoms with van der Waals surface area (Å²) in [6.07, 6.45) is 0. The Hall–Kier alpha value is -1.76. The molecule has 0 aliphatic heterocycles. The fraction of sp³-hybridized carbons (Fsp3) is 0.400. The quantitative estimate of drug-likeness (QED) is 0.672. The van der Waals surface area contributed by atoms with Crippen LogP contribution in [0.2, 0.25) is 0 Å². The number of nitrogens with zero attached hydrogens (tertiary/aromatic N) is 2. The van der Waals surface area contributed by atoms with Crippen molar-refractivity contribution in [2.75, 3.05) is 31.1 Å². The van der Waals surface area contributed by atoms with Crippen molar-refractivity contribution in [1.29, 1.82) is 0 Å². The number of anilines is 1. The summed E-state index contributed by atoms with van der Waals surface area (Å²) in [4.78, 5) is 22.1. The van der Waals surface area contributed by atoms with Crippen LogP contribution in [0.15, 0.2) is 29.6 Å². The summed E-state index contributed by atoms with van der Waals surface area (Å²) >= 11 is 3.11. The number of thiazole rings is 1. The number of hydrogen-bond donors (Lipinski definition) is 1. The maximum absolute atomic E-state index is 13.1. The first-order valence-corrected chi connectivity index (χ1v) is 10.8. The molecule has 0 spiro atoms. The van der Waals surface area contributed by atoms with E-state index in [1.54, 1.807) is 11.3 Å². The zero-order chi connectivity index (χ0) is 18.7. The summed E-state index contributed by atoms with van der Waals surface area (Å²) in [5.74, 6) is 0.0555. The molecule has 0 fully saturated rings. The fourth-order valence-electron chi connectivity index (χ4n) is 3.17. The lowest BCUT2D eigenvalue weighted by Gasteiger charge is -2.22. The average Bonchev–Trinajstić information content (AvgIpc) is 3.28. The smallest absolute Gasteiger partial charge is 0.270 e. The monoisotopic (exact) mass is 388 g/mol. The number of carbonyl (C=O) groups is 1. The van der Waals surface area contributed by atoms with E-state index in [-0.39, 0.29) is 5.91 Å². The first-order valence-electron chi connectivity index (χ1n) is 9.10. The summed E-state index contributed by atoms with van der Waals surface area (Å²) < 4.78 is 1.15. The molecule has 0 radical (unpaired) electrons. The third-order valence-electron chi connectivity index (χ3n) is 4.72. The van der Waals surface area contributed by atoms with Gasteiger partial charge in [0.15, 0.2) is 5.13 Å². The molecule has 0 saturated carbocycles. The van der Waals surface area contributed by atoms with Gasteiger partial charge in [-0.25, -0.2) is 4.98 Å². The molecule has 6 heteroatoms. The fourth-order valence-corrected chi connectivity index (χ4v) is 5.00. The highest BCUT2D eigenvalue weighted by atomic mass is 32.1. The van der Waals surface area contributed by atoms with Crippen LogP contribution < -0.4 is 9.80 Å². The molecule has 1 N–H and O–H groups in total. The van der Waals surface area contributed by atoms with Crippen LogP contribution in [0.1, 0.15) is 34.6 Å². The van der Waals surface area contributed by atoms with Crippen molar-refractivity contribution >= 4 is 43.9 Å². The largest absolute Gasteiger partial charge is 0.334 e. The number of rotatable bonds is 7. The molecule has 0 aliphatic rings. The molecule has 0 unspecified atom stereocenters. The summed E-state index contributed by atoms with van der Waals surface area (Å²) in [5.41, 5.74) is 3.41. The normalized spacial score (nSPS) is 11.4. The van der Waals surface area contributed by atoms with Gasteiger partial charge in [-0.15, -0.1) is 11.3 Å². The van der Waals surface area contributed by atoms with E-state index in [0.717, 1.165) is 39.9 Å². The molecule has 1 amide bonds. The van der Waals surface area contributed by atoms with Crippen LogP contribution in [-0.2, 0) is 0 Å². The molecule has 0 atom stereocenters. The van der Waals surface area contributed by atoms with Gasteiger partial charge in [-0.05, 0) is 56.3 Å². The van der Waals surface area contributed by atoms with Crippen LogP contribution in [0.4, 0.5) is 5.13 Å². The van der Waals surface area contributed by atoms with E-state index in [9.17, 15) is 4.79 Å². The molecule has 0 saturated heterocycles. The molecular weight excluding hydrogens is 362 g/mol. The molecule has 3 aromatic rings. The predicted molar refractivity (Wildman–Crippen MR) is 112 cm³/mol. The molecule has 0 bridgehead atoms. The number of fused-ring (bicyclic) bond motifs is 1. The van der Waals surface area contributed by atoms with Gasteiger partial charge in [0.2, 0.25) is 0 Å². The lowest BCUT2D eigenvalue weighted by atomic mass is 10.1. The van der Waals surface area contributed by atoms with Crippen molar-refractivity contribution < 1.29 is 9.69 Å². The summed E-state index contributed by atoms with van der Waals surface area (Å²) in [6.45, 7) is 12.3. The Balaban J connectivity index is 1.96. The van der Waals surface area contributed by atoms with Crippen molar-refractivity contribution in [2.24, 2.45) is 0 Å². The van der Waals surface area contributed by atoms with E-state index in [1.165, 1.54) is 27.4 Å². The van der Waals surface area contributed by atoms with Crippen LogP contribution in [-0.4, -0.2) is 37.1 Å². The predicted octanol–water partition coefficient (Wildman–Crippen LogP) is 3.55. The third kappa shape index (κ3) is 3.98.